The van der Waals surface area contributed by atoms with E-state index in [9.17, 15) is 14.3 Å². The Morgan fingerprint density at radius 1 is 1.37 bits per heavy atom. The summed E-state index contributed by atoms with van der Waals surface area (Å²) in [4.78, 5) is 15.8. The largest absolute Gasteiger partial charge is 0.493 e. The number of aryl methyl sites for hydroxylation is 1. The van der Waals surface area contributed by atoms with Crippen molar-refractivity contribution >= 4 is 46.4 Å². The molecule has 10 heteroatoms. The van der Waals surface area contributed by atoms with E-state index in [1.165, 1.54) is 19.3 Å². The average molecular weight is 541 g/mol. The third kappa shape index (κ3) is 5.51. The minimum atomic E-state index is -1.10. The maximum absolute atomic E-state index is 13.8. The lowest BCUT2D eigenvalue weighted by Gasteiger charge is -2.14. The van der Waals surface area contributed by atoms with Gasteiger partial charge in [0.25, 0.3) is 0 Å². The monoisotopic (exact) mass is 541 g/mol. The summed E-state index contributed by atoms with van der Waals surface area (Å²) < 4.78 is 25.7. The lowest BCUT2D eigenvalue weighted by atomic mass is 10.2. The molecule has 2 aromatic carbocycles. The number of ether oxygens (including phenoxy) is 2. The van der Waals surface area contributed by atoms with Crippen molar-refractivity contribution in [2.75, 3.05) is 7.11 Å². The van der Waals surface area contributed by atoms with Crippen molar-refractivity contribution in [2.45, 2.75) is 18.7 Å². The van der Waals surface area contributed by atoms with Gasteiger partial charge >= 0.3 is 5.97 Å². The fourth-order valence-electron chi connectivity index (χ4n) is 2.48. The van der Waals surface area contributed by atoms with Crippen LogP contribution in [0.1, 0.15) is 17.0 Å². The molecule has 3 rings (SSSR count). The third-order valence-corrected chi connectivity index (χ3v) is 5.55. The maximum Gasteiger partial charge on any atom is 0.342 e. The van der Waals surface area contributed by atoms with Gasteiger partial charge < -0.3 is 14.6 Å². The van der Waals surface area contributed by atoms with E-state index < -0.39 is 5.97 Å². The Kier molecular flexibility index (Phi) is 7.32. The summed E-state index contributed by atoms with van der Waals surface area (Å²) in [6.07, 6.45) is 1.50. The number of methoxy groups -OCH3 is 1. The van der Waals surface area contributed by atoms with Gasteiger partial charge in [0.2, 0.25) is 5.16 Å². The van der Waals surface area contributed by atoms with Crippen LogP contribution in [0.4, 0.5) is 4.39 Å². The molecule has 0 bridgehead atoms. The summed E-state index contributed by atoms with van der Waals surface area (Å²) in [7, 11) is 1.48. The van der Waals surface area contributed by atoms with Crippen LogP contribution in [0, 0.1) is 16.3 Å². The van der Waals surface area contributed by atoms with Crippen LogP contribution in [0.5, 0.6) is 11.5 Å². The number of hydrogen-bond donors (Lipinski definition) is 2. The van der Waals surface area contributed by atoms with E-state index in [1.54, 1.807) is 37.3 Å². The Morgan fingerprint density at radius 2 is 2.13 bits per heavy atom. The van der Waals surface area contributed by atoms with Crippen molar-refractivity contribution in [2.24, 2.45) is 0 Å². The lowest BCUT2D eigenvalue weighted by molar-refractivity contribution is -0.131. The lowest BCUT2D eigenvalue weighted by Crippen LogP contribution is -2.02. The van der Waals surface area contributed by atoms with Crippen LogP contribution in [0.25, 0.3) is 6.08 Å². The van der Waals surface area contributed by atoms with E-state index in [-0.39, 0.29) is 17.3 Å². The molecular weight excluding hydrogens is 524 g/mol. The first-order valence-electron chi connectivity index (χ1n) is 8.63. The van der Waals surface area contributed by atoms with Crippen LogP contribution in [0.2, 0.25) is 0 Å². The number of H-pyrrole nitrogens is 1. The van der Waals surface area contributed by atoms with Gasteiger partial charge in [0.1, 0.15) is 23.2 Å². The fourth-order valence-corrected chi connectivity index (χ4v) is 4.01. The zero-order chi connectivity index (χ0) is 21.7. The van der Waals surface area contributed by atoms with Crippen LogP contribution >= 0.6 is 34.4 Å². The van der Waals surface area contributed by atoms with Gasteiger partial charge in [0.05, 0.1) is 10.7 Å². The van der Waals surface area contributed by atoms with Crippen molar-refractivity contribution in [1.29, 1.82) is 0 Å². The molecule has 0 fully saturated rings. The van der Waals surface area contributed by atoms with Gasteiger partial charge in [0.15, 0.2) is 11.5 Å². The normalized spacial score (nSPS) is 11.4. The van der Waals surface area contributed by atoms with Crippen molar-refractivity contribution in [3.05, 3.63) is 67.6 Å². The molecule has 1 heterocycles. The molecule has 0 aliphatic carbocycles. The smallest absolute Gasteiger partial charge is 0.342 e. The number of halogens is 2. The number of nitrogens with zero attached hydrogens (tertiary/aromatic N) is 2. The van der Waals surface area contributed by atoms with E-state index in [4.69, 9.17) is 9.47 Å². The van der Waals surface area contributed by atoms with Gasteiger partial charge in [0, 0.05) is 5.56 Å². The predicted molar refractivity (Wildman–Crippen MR) is 119 cm³/mol. The highest BCUT2D eigenvalue weighted by Gasteiger charge is 2.16. The van der Waals surface area contributed by atoms with Crippen LogP contribution in [0.3, 0.4) is 0 Å². The van der Waals surface area contributed by atoms with Crippen LogP contribution in [0.15, 0.2) is 46.5 Å². The second kappa shape index (κ2) is 9.94. The zero-order valence-corrected chi connectivity index (χ0v) is 19.0. The summed E-state index contributed by atoms with van der Waals surface area (Å²) in [6, 6.07) is 9.78. The molecule has 0 saturated heterocycles. The second-order valence-electron chi connectivity index (χ2n) is 6.03. The predicted octanol–water partition coefficient (Wildman–Crippen LogP) is 4.66. The molecule has 0 spiro atoms. The highest BCUT2D eigenvalue weighted by atomic mass is 127. The highest BCUT2D eigenvalue weighted by Crippen LogP contribution is 2.36. The molecule has 0 unspecified atom stereocenters. The Bertz CT molecular complexity index is 1100. The first-order valence-corrected chi connectivity index (χ1v) is 10.5. The number of carboxylic acids is 1. The van der Waals surface area contributed by atoms with Gasteiger partial charge in [-0.25, -0.2) is 14.2 Å². The number of nitrogens with one attached hydrogen (secondary N) is 1. The minimum absolute atomic E-state index is 0.0363. The quantitative estimate of drug-likeness (QED) is 0.243. The molecule has 30 heavy (non-hydrogen) atoms. The van der Waals surface area contributed by atoms with Crippen LogP contribution in [-0.2, 0) is 11.4 Å². The van der Waals surface area contributed by atoms with Gasteiger partial charge in [-0.05, 0) is 71.1 Å². The number of hydrogen-bond acceptors (Lipinski definition) is 6. The standard InChI is InChI=1S/C20H17FIN3O4S/c1-11-23-20(25-24-11)30-17(19(26)27)9-12-7-15(22)18(16(8-12)28-2)29-10-13-5-3-4-6-14(13)21/h3-9H,10H2,1-2H3,(H,26,27)(H,23,24,25)/b17-9-. The molecule has 1 aromatic heterocycles. The summed E-state index contributed by atoms with van der Waals surface area (Å²) in [5.74, 6) is 0.00285. The molecule has 0 amide bonds. The number of rotatable bonds is 8. The number of benzene rings is 2. The summed E-state index contributed by atoms with van der Waals surface area (Å²) in [6.45, 7) is 1.77. The van der Waals surface area contributed by atoms with E-state index in [2.05, 4.69) is 37.8 Å². The molecule has 7 nitrogen and oxygen atoms in total. The summed E-state index contributed by atoms with van der Waals surface area (Å²) >= 11 is 3.00. The van der Waals surface area contributed by atoms with E-state index in [1.807, 2.05) is 0 Å². The van der Waals surface area contributed by atoms with Gasteiger partial charge in [-0.3, -0.25) is 5.10 Å². The van der Waals surface area contributed by atoms with Crippen molar-refractivity contribution in [3.63, 3.8) is 0 Å². The van der Waals surface area contributed by atoms with E-state index >= 15 is 0 Å². The minimum Gasteiger partial charge on any atom is -0.493 e. The van der Waals surface area contributed by atoms with Crippen molar-refractivity contribution in [3.8, 4) is 11.5 Å². The number of carboxylic acid groups (broad SMARTS) is 1. The van der Waals surface area contributed by atoms with E-state index in [0.29, 0.717) is 37.2 Å². The maximum atomic E-state index is 13.8. The second-order valence-corrected chi connectivity index (χ2v) is 8.20. The molecule has 0 radical (unpaired) electrons. The van der Waals surface area contributed by atoms with Crippen LogP contribution < -0.4 is 9.47 Å². The Morgan fingerprint density at radius 3 is 2.77 bits per heavy atom. The Labute approximate surface area is 189 Å². The van der Waals surface area contributed by atoms with E-state index in [0.717, 1.165) is 11.8 Å². The van der Waals surface area contributed by atoms with Crippen molar-refractivity contribution < 1.29 is 23.8 Å². The first-order chi connectivity index (χ1) is 14.4. The first kappa shape index (κ1) is 22.1. The van der Waals surface area contributed by atoms with Crippen molar-refractivity contribution in [1.82, 2.24) is 15.2 Å². The number of carbonyl (C=O) groups is 1. The summed E-state index contributed by atoms with van der Waals surface area (Å²) in [5.41, 5.74) is 1.03. The molecule has 3 aromatic rings. The molecule has 0 atom stereocenters. The molecule has 2 N–H and O–H groups in total. The topological polar surface area (TPSA) is 97.3 Å². The Hall–Kier alpha value is -2.60. The number of thioether (sulfide) groups is 1. The van der Waals surface area contributed by atoms with Gasteiger partial charge in [-0.2, -0.15) is 0 Å². The number of aliphatic carboxylic acids is 1. The fraction of sp³-hybridized carbons (Fsp3) is 0.150. The molecule has 0 aliphatic rings. The van der Waals surface area contributed by atoms with Gasteiger partial charge in [-0.15, -0.1) is 5.10 Å². The zero-order valence-electron chi connectivity index (χ0n) is 16.0. The SMILES string of the molecule is COc1cc(/C=C(\Sc2n[nH]c(C)n2)C(=O)O)cc(I)c1OCc1ccccc1F. The highest BCUT2D eigenvalue weighted by molar-refractivity contribution is 14.1. The average Bonchev–Trinajstić information content (AvgIpc) is 3.12. The van der Waals surface area contributed by atoms with Gasteiger partial charge in [-0.1, -0.05) is 18.2 Å². The molecule has 0 aliphatic heterocycles. The molecule has 156 valence electrons. The summed E-state index contributed by atoms with van der Waals surface area (Å²) in [5, 5.41) is 16.5. The third-order valence-electron chi connectivity index (χ3n) is 3.87. The Balaban J connectivity index is 1.87. The number of aromatic amines is 1. The molecule has 0 saturated carbocycles. The van der Waals surface area contributed by atoms with Crippen LogP contribution in [-0.4, -0.2) is 33.4 Å². The molecular formula is C20H17FIN3O4S. The number of aromatic nitrogens is 3.